The van der Waals surface area contributed by atoms with Crippen LogP contribution < -0.4 is 10.6 Å². The van der Waals surface area contributed by atoms with Crippen LogP contribution in [-0.2, 0) is 4.79 Å². The van der Waals surface area contributed by atoms with Crippen LogP contribution in [0.2, 0.25) is 0 Å². The molecular weight excluding hydrogens is 219 g/mol. The van der Waals surface area contributed by atoms with Crippen LogP contribution in [0.25, 0.3) is 0 Å². The number of aryl methyl sites for hydroxylation is 1. The van der Waals surface area contributed by atoms with E-state index in [9.17, 15) is 9.18 Å². The molecule has 1 aromatic carbocycles. The van der Waals surface area contributed by atoms with E-state index >= 15 is 0 Å². The highest BCUT2D eigenvalue weighted by atomic mass is 19.1. The van der Waals surface area contributed by atoms with Gasteiger partial charge in [-0.15, -0.1) is 0 Å². The van der Waals surface area contributed by atoms with Crippen LogP contribution in [0.15, 0.2) is 18.2 Å². The summed E-state index contributed by atoms with van der Waals surface area (Å²) in [6.07, 6.45) is 0. The molecule has 0 aliphatic carbocycles. The largest absolute Gasteiger partial charge is 0.323 e. The number of benzene rings is 1. The molecule has 1 aromatic rings. The van der Waals surface area contributed by atoms with E-state index in [0.717, 1.165) is 18.7 Å². The molecule has 17 heavy (non-hydrogen) atoms. The Morgan fingerprint density at radius 3 is 2.76 bits per heavy atom. The number of nitrogens with one attached hydrogen (secondary N) is 2. The van der Waals surface area contributed by atoms with Crippen molar-refractivity contribution in [3.8, 4) is 0 Å². The van der Waals surface area contributed by atoms with Gasteiger partial charge in [0.15, 0.2) is 0 Å². The van der Waals surface area contributed by atoms with Crippen LogP contribution in [0.4, 0.5) is 10.1 Å². The Kier molecular flexibility index (Phi) is 3.43. The average Bonchev–Trinajstić information content (AvgIpc) is 2.19. The summed E-state index contributed by atoms with van der Waals surface area (Å²) in [5.74, 6) is -0.211. The van der Waals surface area contributed by atoms with E-state index in [0.29, 0.717) is 5.92 Å². The van der Waals surface area contributed by atoms with Gasteiger partial charge in [-0.3, -0.25) is 4.79 Å². The molecule has 1 atom stereocenters. The van der Waals surface area contributed by atoms with E-state index in [-0.39, 0.29) is 23.3 Å². The predicted molar refractivity (Wildman–Crippen MR) is 65.3 cm³/mol. The van der Waals surface area contributed by atoms with Crippen LogP contribution in [0.3, 0.4) is 0 Å². The van der Waals surface area contributed by atoms with Gasteiger partial charge in [-0.25, -0.2) is 4.39 Å². The molecule has 1 unspecified atom stereocenters. The van der Waals surface area contributed by atoms with Crippen molar-refractivity contribution in [2.45, 2.75) is 13.8 Å². The minimum atomic E-state index is -0.378. The summed E-state index contributed by atoms with van der Waals surface area (Å²) in [5.41, 5.74) is 1.11. The Morgan fingerprint density at radius 1 is 1.53 bits per heavy atom. The first-order valence-corrected chi connectivity index (χ1v) is 5.85. The highest BCUT2D eigenvalue weighted by molar-refractivity contribution is 5.92. The van der Waals surface area contributed by atoms with Crippen molar-refractivity contribution in [3.63, 3.8) is 0 Å². The van der Waals surface area contributed by atoms with Crippen molar-refractivity contribution in [1.29, 1.82) is 0 Å². The maximum Gasteiger partial charge on any atom is 0.227 e. The van der Waals surface area contributed by atoms with Crippen LogP contribution in [-0.4, -0.2) is 19.0 Å². The number of anilines is 1. The van der Waals surface area contributed by atoms with E-state index in [1.54, 1.807) is 12.1 Å². The van der Waals surface area contributed by atoms with Crippen molar-refractivity contribution in [3.05, 3.63) is 29.6 Å². The van der Waals surface area contributed by atoms with Gasteiger partial charge >= 0.3 is 0 Å². The molecule has 1 heterocycles. The van der Waals surface area contributed by atoms with Gasteiger partial charge in [0.2, 0.25) is 5.91 Å². The second-order valence-electron chi connectivity index (χ2n) is 4.68. The molecule has 3 nitrogen and oxygen atoms in total. The van der Waals surface area contributed by atoms with Gasteiger partial charge in [0.1, 0.15) is 5.82 Å². The van der Waals surface area contributed by atoms with Gasteiger partial charge in [-0.2, -0.15) is 0 Å². The Balaban J connectivity index is 2.02. The zero-order valence-electron chi connectivity index (χ0n) is 10.1. The summed E-state index contributed by atoms with van der Waals surface area (Å²) in [5, 5.41) is 5.77. The molecule has 92 valence electrons. The maximum absolute atomic E-state index is 13.5. The molecule has 4 heteroatoms. The molecule has 1 saturated heterocycles. The van der Waals surface area contributed by atoms with Gasteiger partial charge in [0.05, 0.1) is 5.69 Å². The minimum Gasteiger partial charge on any atom is -0.323 e. The van der Waals surface area contributed by atoms with E-state index < -0.39 is 0 Å². The third kappa shape index (κ3) is 2.64. The van der Waals surface area contributed by atoms with Crippen LogP contribution in [0.5, 0.6) is 0 Å². The van der Waals surface area contributed by atoms with Gasteiger partial charge < -0.3 is 10.6 Å². The Bertz CT molecular complexity index is 429. The molecule has 2 rings (SSSR count). The van der Waals surface area contributed by atoms with Gasteiger partial charge in [0.25, 0.3) is 0 Å². The zero-order valence-corrected chi connectivity index (χ0v) is 10.1. The van der Waals surface area contributed by atoms with Gasteiger partial charge in [-0.05, 0) is 43.6 Å². The van der Waals surface area contributed by atoms with E-state index in [1.165, 1.54) is 6.07 Å². The fraction of sp³-hybridized carbons (Fsp3) is 0.462. The van der Waals surface area contributed by atoms with E-state index in [2.05, 4.69) is 10.6 Å². The summed E-state index contributed by atoms with van der Waals surface area (Å²) >= 11 is 0. The monoisotopic (exact) mass is 236 g/mol. The number of carbonyl (C=O) groups is 1. The number of halogens is 1. The first-order chi connectivity index (χ1) is 8.08. The molecule has 1 fully saturated rings. The average molecular weight is 236 g/mol. The number of hydrogen-bond acceptors (Lipinski definition) is 2. The van der Waals surface area contributed by atoms with Crippen LogP contribution in [0, 0.1) is 24.6 Å². The van der Waals surface area contributed by atoms with Crippen molar-refractivity contribution in [2.24, 2.45) is 11.8 Å². The van der Waals surface area contributed by atoms with Crippen LogP contribution in [0.1, 0.15) is 12.5 Å². The van der Waals surface area contributed by atoms with Crippen molar-refractivity contribution >= 4 is 11.6 Å². The SMILES string of the molecule is Cc1ccc(NC(=O)C(C)C2CNC2)c(F)c1. The summed E-state index contributed by atoms with van der Waals surface area (Å²) in [4.78, 5) is 11.9. The molecule has 0 aromatic heterocycles. The lowest BCUT2D eigenvalue weighted by atomic mass is 9.88. The molecule has 0 saturated carbocycles. The minimum absolute atomic E-state index is 0.0862. The van der Waals surface area contributed by atoms with Gasteiger partial charge in [0, 0.05) is 5.92 Å². The topological polar surface area (TPSA) is 41.1 Å². The number of carbonyl (C=O) groups excluding carboxylic acids is 1. The first-order valence-electron chi connectivity index (χ1n) is 5.85. The molecule has 0 bridgehead atoms. The fourth-order valence-corrected chi connectivity index (χ4v) is 1.85. The lowest BCUT2D eigenvalue weighted by Gasteiger charge is -2.31. The fourth-order valence-electron chi connectivity index (χ4n) is 1.85. The Morgan fingerprint density at radius 2 is 2.24 bits per heavy atom. The lowest BCUT2D eigenvalue weighted by Crippen LogP contribution is -2.48. The number of amides is 1. The smallest absolute Gasteiger partial charge is 0.227 e. The third-order valence-electron chi connectivity index (χ3n) is 3.32. The van der Waals surface area contributed by atoms with Crippen molar-refractivity contribution in [2.75, 3.05) is 18.4 Å². The van der Waals surface area contributed by atoms with E-state index in [4.69, 9.17) is 0 Å². The quantitative estimate of drug-likeness (QED) is 0.842. The van der Waals surface area contributed by atoms with Crippen LogP contribution >= 0.6 is 0 Å². The predicted octanol–water partition coefficient (Wildman–Crippen LogP) is 1.93. The molecule has 0 radical (unpaired) electrons. The molecule has 1 aliphatic heterocycles. The van der Waals surface area contributed by atoms with Gasteiger partial charge in [-0.1, -0.05) is 13.0 Å². The normalized spacial score (nSPS) is 17.4. The Labute approximate surface area is 100 Å². The molecule has 1 aliphatic rings. The van der Waals surface area contributed by atoms with E-state index in [1.807, 2.05) is 13.8 Å². The van der Waals surface area contributed by atoms with Crippen molar-refractivity contribution in [1.82, 2.24) is 5.32 Å². The molecule has 1 amide bonds. The lowest BCUT2D eigenvalue weighted by molar-refractivity contribution is -0.121. The first kappa shape index (κ1) is 12.0. The second-order valence-corrected chi connectivity index (χ2v) is 4.68. The van der Waals surface area contributed by atoms with Crippen molar-refractivity contribution < 1.29 is 9.18 Å². The Hall–Kier alpha value is -1.42. The molecule has 0 spiro atoms. The second kappa shape index (κ2) is 4.84. The highest BCUT2D eigenvalue weighted by Crippen LogP contribution is 2.20. The zero-order chi connectivity index (χ0) is 12.4. The summed E-state index contributed by atoms with van der Waals surface area (Å²) in [7, 11) is 0. The third-order valence-corrected chi connectivity index (χ3v) is 3.32. The standard InChI is InChI=1S/C13H17FN2O/c1-8-3-4-12(11(14)5-8)16-13(17)9(2)10-6-15-7-10/h3-5,9-10,15H,6-7H2,1-2H3,(H,16,17). The number of hydrogen-bond donors (Lipinski definition) is 2. The molecular formula is C13H17FN2O. The molecule has 2 N–H and O–H groups in total. The summed E-state index contributed by atoms with van der Waals surface area (Å²) in [6.45, 7) is 5.43. The summed E-state index contributed by atoms with van der Waals surface area (Å²) < 4.78 is 13.5. The maximum atomic E-state index is 13.5. The highest BCUT2D eigenvalue weighted by Gasteiger charge is 2.28. The summed E-state index contributed by atoms with van der Waals surface area (Å²) in [6, 6.07) is 4.81. The number of rotatable bonds is 3.